The Morgan fingerprint density at radius 2 is 0.795 bits per heavy atom. The highest BCUT2D eigenvalue weighted by Crippen LogP contribution is 2.26. The molecule has 12 heteroatoms. The number of ether oxygens (including phenoxy) is 5. The number of carboxylic acid groups (broad SMARTS) is 1. The lowest BCUT2D eigenvalue weighted by Crippen LogP contribution is -2.61. The molecule has 0 radical (unpaired) electrons. The fraction of sp³-hybridized carbons (Fsp3) is 0.606. The van der Waals surface area contributed by atoms with E-state index in [9.17, 15) is 34.5 Å². The monoisotopic (exact) mass is 1150 g/mol. The van der Waals surface area contributed by atoms with Crippen LogP contribution < -0.4 is 0 Å². The van der Waals surface area contributed by atoms with Gasteiger partial charge in [0, 0.05) is 12.8 Å². The number of allylic oxidation sites excluding steroid dienone is 23. The number of esters is 3. The third kappa shape index (κ3) is 46.6. The number of carbonyl (C=O) groups is 4. The van der Waals surface area contributed by atoms with Gasteiger partial charge < -0.3 is 39.0 Å². The fourth-order valence-corrected chi connectivity index (χ4v) is 8.62. The van der Waals surface area contributed by atoms with E-state index in [1.807, 2.05) is 18.2 Å². The second-order valence-electron chi connectivity index (χ2n) is 20.9. The summed E-state index contributed by atoms with van der Waals surface area (Å²) in [6.07, 6.45) is 69.7. The van der Waals surface area contributed by atoms with E-state index < -0.39 is 67.3 Å². The molecule has 83 heavy (non-hydrogen) atoms. The van der Waals surface area contributed by atoms with Crippen LogP contribution >= 0.6 is 0 Å². The molecule has 1 heterocycles. The molecular formula is C71H110O12. The molecule has 1 fully saturated rings. The van der Waals surface area contributed by atoms with Gasteiger partial charge >= 0.3 is 23.9 Å². The zero-order valence-electron chi connectivity index (χ0n) is 51.4. The van der Waals surface area contributed by atoms with Gasteiger partial charge in [0.05, 0.1) is 13.0 Å². The first-order valence-electron chi connectivity index (χ1n) is 31.8. The van der Waals surface area contributed by atoms with Crippen molar-refractivity contribution in [2.75, 3.05) is 13.2 Å². The number of aliphatic hydroxyl groups excluding tert-OH is 2. The van der Waals surface area contributed by atoms with E-state index in [0.717, 1.165) is 141 Å². The SMILES string of the molecule is CC/C=C\C/C=C\C/C=C\C/C=C\C/C=C\CC(=O)OC(COC(=O)CCCCCCCC/C=C\C/C=C\C/C=C\CCCCC)COC1OC(C(=O)O)C(O)C(O)C1OC(=O)CCCCCCCC/C=C\C/C=C\C/C=C\C/C=C\CC. The van der Waals surface area contributed by atoms with Gasteiger partial charge in [-0.1, -0.05) is 231 Å². The molecule has 466 valence electrons. The van der Waals surface area contributed by atoms with Crippen LogP contribution in [0.2, 0.25) is 0 Å². The van der Waals surface area contributed by atoms with Gasteiger partial charge in [0.25, 0.3) is 0 Å². The molecule has 3 N–H and O–H groups in total. The number of rotatable bonds is 52. The van der Waals surface area contributed by atoms with Gasteiger partial charge in [-0.15, -0.1) is 0 Å². The van der Waals surface area contributed by atoms with Crippen LogP contribution in [0.4, 0.5) is 0 Å². The van der Waals surface area contributed by atoms with Crippen LogP contribution in [0.1, 0.15) is 226 Å². The highest BCUT2D eigenvalue weighted by molar-refractivity contribution is 5.74. The molecule has 6 atom stereocenters. The predicted molar refractivity (Wildman–Crippen MR) is 339 cm³/mol. The lowest BCUT2D eigenvalue weighted by Gasteiger charge is -2.40. The van der Waals surface area contributed by atoms with Crippen LogP contribution in [-0.2, 0) is 42.9 Å². The summed E-state index contributed by atoms with van der Waals surface area (Å²) in [7, 11) is 0. The molecule has 12 nitrogen and oxygen atoms in total. The van der Waals surface area contributed by atoms with Gasteiger partial charge in [-0.3, -0.25) is 14.4 Å². The lowest BCUT2D eigenvalue weighted by molar-refractivity contribution is -0.301. The maximum Gasteiger partial charge on any atom is 0.335 e. The molecule has 0 aromatic rings. The topological polar surface area (TPSA) is 175 Å². The highest BCUT2D eigenvalue weighted by Gasteiger charge is 2.50. The zero-order valence-corrected chi connectivity index (χ0v) is 51.4. The Bertz CT molecular complexity index is 2000. The Kier molecular flexibility index (Phi) is 52.0. The quantitative estimate of drug-likeness (QED) is 0.0228. The van der Waals surface area contributed by atoms with Gasteiger partial charge in [-0.05, 0) is 122 Å². The van der Waals surface area contributed by atoms with E-state index in [1.165, 1.54) is 25.7 Å². The first kappa shape index (κ1) is 75.6. The van der Waals surface area contributed by atoms with E-state index >= 15 is 0 Å². The Morgan fingerprint density at radius 3 is 1.22 bits per heavy atom. The molecule has 6 unspecified atom stereocenters. The molecule has 0 bridgehead atoms. The summed E-state index contributed by atoms with van der Waals surface area (Å²) >= 11 is 0. The molecule has 1 rings (SSSR count). The van der Waals surface area contributed by atoms with E-state index in [2.05, 4.69) is 142 Å². The highest BCUT2D eigenvalue weighted by atomic mass is 16.7. The van der Waals surface area contributed by atoms with Gasteiger partial charge in [0.2, 0.25) is 0 Å². The van der Waals surface area contributed by atoms with Crippen molar-refractivity contribution in [3.63, 3.8) is 0 Å². The van der Waals surface area contributed by atoms with Crippen molar-refractivity contribution in [1.29, 1.82) is 0 Å². The van der Waals surface area contributed by atoms with Crippen molar-refractivity contribution in [2.45, 2.75) is 263 Å². The Labute approximate surface area is 502 Å². The third-order valence-corrected chi connectivity index (χ3v) is 13.4. The summed E-state index contributed by atoms with van der Waals surface area (Å²) in [6.45, 7) is 5.64. The lowest BCUT2D eigenvalue weighted by atomic mass is 9.98. The average Bonchev–Trinajstić information content (AvgIpc) is 3.60. The predicted octanol–water partition coefficient (Wildman–Crippen LogP) is 17.1. The average molecular weight is 1160 g/mol. The summed E-state index contributed by atoms with van der Waals surface area (Å²) in [5, 5.41) is 31.6. The van der Waals surface area contributed by atoms with Crippen LogP contribution in [0.25, 0.3) is 0 Å². The van der Waals surface area contributed by atoms with Crippen LogP contribution in [0.15, 0.2) is 146 Å². The first-order valence-corrected chi connectivity index (χ1v) is 31.8. The van der Waals surface area contributed by atoms with Crippen molar-refractivity contribution < 1.29 is 58.2 Å². The minimum Gasteiger partial charge on any atom is -0.479 e. The van der Waals surface area contributed by atoms with E-state index in [0.29, 0.717) is 19.3 Å². The van der Waals surface area contributed by atoms with E-state index in [4.69, 9.17) is 23.7 Å². The third-order valence-electron chi connectivity index (χ3n) is 13.4. The van der Waals surface area contributed by atoms with Crippen LogP contribution in [0.5, 0.6) is 0 Å². The molecule has 0 aromatic heterocycles. The van der Waals surface area contributed by atoms with Crippen LogP contribution in [0, 0.1) is 0 Å². The van der Waals surface area contributed by atoms with Crippen molar-refractivity contribution >= 4 is 23.9 Å². The number of aliphatic carboxylic acids is 1. The number of carbonyl (C=O) groups excluding carboxylic acids is 3. The zero-order chi connectivity index (χ0) is 60.3. The van der Waals surface area contributed by atoms with E-state index in [-0.39, 0.29) is 25.9 Å². The second kappa shape index (κ2) is 57.1. The Balaban J connectivity index is 2.73. The van der Waals surface area contributed by atoms with Gasteiger partial charge in [0.15, 0.2) is 24.6 Å². The van der Waals surface area contributed by atoms with Gasteiger partial charge in [-0.25, -0.2) is 4.79 Å². The van der Waals surface area contributed by atoms with Crippen molar-refractivity contribution in [2.24, 2.45) is 0 Å². The van der Waals surface area contributed by atoms with Gasteiger partial charge in [-0.2, -0.15) is 0 Å². The summed E-state index contributed by atoms with van der Waals surface area (Å²) in [5.74, 6) is -3.34. The first-order chi connectivity index (χ1) is 40.6. The smallest absolute Gasteiger partial charge is 0.335 e. The van der Waals surface area contributed by atoms with Crippen LogP contribution in [0.3, 0.4) is 0 Å². The number of aliphatic hydroxyl groups is 2. The maximum absolute atomic E-state index is 13.1. The molecule has 0 aromatic carbocycles. The number of carboxylic acids is 1. The summed E-state index contributed by atoms with van der Waals surface area (Å²) in [4.78, 5) is 51.2. The molecule has 0 saturated carbocycles. The normalized spacial score (nSPS) is 18.6. The van der Waals surface area contributed by atoms with E-state index in [1.54, 1.807) is 6.08 Å². The fourth-order valence-electron chi connectivity index (χ4n) is 8.62. The number of unbranched alkanes of at least 4 members (excludes halogenated alkanes) is 15. The minimum absolute atomic E-state index is 0.0240. The standard InChI is InChI=1S/C71H110O12/c1-4-7-10-13-16-19-22-25-28-30-32-34-37-39-42-45-48-51-54-57-63(72)79-60-62(81-64(73)58-55-52-49-46-43-40-36-27-24-21-18-15-12-9-6-3)61-80-71-69(67(76)66(75)68(83-71)70(77)78)82-65(74)59-56-53-50-47-44-41-38-35-33-31-29-26-23-20-17-14-11-8-5-2/h8-9,11-12,16-21,25-29,32-36,43,46,52,55,62,66-69,71,75-76H,4-7,10,13-15,22-24,30-31,37-42,44-45,47-51,53-54,56-61H2,1-3H3,(H,77,78)/b11-8-,12-9-,19-16-,20-17-,21-18-,28-25-,29-26-,34-32-,35-33-,36-27-,46-43-,55-52-. The molecule has 0 spiro atoms. The Hall–Kier alpha value is -5.40. The largest absolute Gasteiger partial charge is 0.479 e. The van der Waals surface area contributed by atoms with Crippen LogP contribution in [-0.4, -0.2) is 89.2 Å². The summed E-state index contributed by atoms with van der Waals surface area (Å²) in [6, 6.07) is 0. The molecule has 0 aliphatic carbocycles. The Morgan fingerprint density at radius 1 is 0.422 bits per heavy atom. The number of hydrogen-bond donors (Lipinski definition) is 3. The minimum atomic E-state index is -1.93. The molecular weight excluding hydrogens is 1040 g/mol. The number of hydrogen-bond acceptors (Lipinski definition) is 11. The van der Waals surface area contributed by atoms with Crippen molar-refractivity contribution in [1.82, 2.24) is 0 Å². The molecule has 1 saturated heterocycles. The molecule has 1 aliphatic heterocycles. The summed E-state index contributed by atoms with van der Waals surface area (Å²) < 4.78 is 28.3. The van der Waals surface area contributed by atoms with Gasteiger partial charge in [0.1, 0.15) is 18.8 Å². The molecule has 0 amide bonds. The summed E-state index contributed by atoms with van der Waals surface area (Å²) in [5.41, 5.74) is 0. The molecule has 1 aliphatic rings. The van der Waals surface area contributed by atoms with Crippen molar-refractivity contribution in [3.05, 3.63) is 146 Å². The second-order valence-corrected chi connectivity index (χ2v) is 20.9. The van der Waals surface area contributed by atoms with Crippen molar-refractivity contribution in [3.8, 4) is 0 Å². The maximum atomic E-state index is 13.1.